The zero-order valence-corrected chi connectivity index (χ0v) is 19.0. The number of aromatic nitrogens is 1. The molecule has 0 radical (unpaired) electrons. The number of nitrogens with zero attached hydrogens (tertiary/aromatic N) is 3. The van der Waals surface area contributed by atoms with E-state index < -0.39 is 47.2 Å². The molecule has 0 bridgehead atoms. The van der Waals surface area contributed by atoms with Crippen molar-refractivity contribution < 1.29 is 34.2 Å². The number of β-lactam (4-membered cyclic amide) rings is 1. The van der Waals surface area contributed by atoms with Crippen LogP contribution in [0.3, 0.4) is 0 Å². The van der Waals surface area contributed by atoms with Crippen LogP contribution in [0.25, 0.3) is 0 Å². The Morgan fingerprint density at radius 1 is 1.44 bits per heavy atom. The average molecular weight is 524 g/mol. The first kappa shape index (κ1) is 24.1. The van der Waals surface area contributed by atoms with Gasteiger partial charge < -0.3 is 31.0 Å². The lowest BCUT2D eigenvalue weighted by Gasteiger charge is -2.53. The third kappa shape index (κ3) is 4.92. The van der Waals surface area contributed by atoms with Crippen LogP contribution in [0.5, 0.6) is 0 Å². The number of amides is 2. The van der Waals surface area contributed by atoms with E-state index in [-0.39, 0.29) is 33.3 Å². The summed E-state index contributed by atoms with van der Waals surface area (Å²) in [7, 11) is 0. The van der Waals surface area contributed by atoms with Crippen molar-refractivity contribution in [2.75, 3.05) is 24.6 Å². The first-order valence-corrected chi connectivity index (χ1v) is 11.4. The second-order valence-electron chi connectivity index (χ2n) is 6.69. The lowest BCUT2D eigenvalue weighted by atomic mass is 9.87. The maximum Gasteiger partial charge on any atom is 0.344 e. The van der Waals surface area contributed by atoms with Crippen LogP contribution in [-0.2, 0) is 24.0 Å². The molecule has 5 N–H and O–H groups in total. The number of rotatable bonds is 8. The maximum absolute atomic E-state index is 12.8. The Labute approximate surface area is 198 Å². The summed E-state index contributed by atoms with van der Waals surface area (Å²) >= 11 is 13.5. The number of fused-ring (bicyclic) bond motifs is 1. The van der Waals surface area contributed by atoms with E-state index >= 15 is 0 Å². The zero-order chi connectivity index (χ0) is 23.6. The predicted molar refractivity (Wildman–Crippen MR) is 116 cm³/mol. The van der Waals surface area contributed by atoms with Gasteiger partial charge in [0.2, 0.25) is 12.5 Å². The predicted octanol–water partition coefficient (Wildman–Crippen LogP) is 0.320. The fourth-order valence-corrected chi connectivity index (χ4v) is 5.51. The van der Waals surface area contributed by atoms with E-state index in [1.54, 1.807) is 0 Å². The molecule has 2 amide bonds. The van der Waals surface area contributed by atoms with Crippen LogP contribution >= 0.6 is 46.3 Å². The maximum atomic E-state index is 12.8. The van der Waals surface area contributed by atoms with E-state index in [9.17, 15) is 24.3 Å². The molecule has 2 saturated heterocycles. The summed E-state index contributed by atoms with van der Waals surface area (Å²) in [5.41, 5.74) is 3.80. The summed E-state index contributed by atoms with van der Waals surface area (Å²) in [5.74, 6) is -3.77. The third-order valence-electron chi connectivity index (χ3n) is 4.53. The van der Waals surface area contributed by atoms with Crippen LogP contribution < -0.4 is 11.1 Å². The standard InChI is InChI=1S/C16H15Cl2N5O7S2/c17-7(18)1-16(14(28)29)4-23-12(27)10(13(23)32-5-16)21-11(26)9(22-30-2-8(24)25)6-3-31-15(19)20-6/h1,3,10,13H,2,4-5H2,(H2,19,20)(H,21,26)(H,24,25)(H,28,29)/t10?,13-,16?/m1/s1. The Kier molecular flexibility index (Phi) is 7.17. The fourth-order valence-electron chi connectivity index (χ4n) is 3.04. The third-order valence-corrected chi connectivity index (χ3v) is 6.97. The smallest absolute Gasteiger partial charge is 0.344 e. The molecule has 3 atom stereocenters. The first-order valence-electron chi connectivity index (χ1n) is 8.67. The molecule has 1 aromatic rings. The highest BCUT2D eigenvalue weighted by Crippen LogP contribution is 2.43. The van der Waals surface area contributed by atoms with Crippen molar-refractivity contribution in [3.05, 3.63) is 21.6 Å². The normalized spacial score (nSPS) is 24.8. The van der Waals surface area contributed by atoms with E-state index in [0.717, 1.165) is 23.1 Å². The number of carbonyl (C=O) groups is 4. The molecular formula is C16H15Cl2N5O7S2. The number of oxime groups is 1. The lowest BCUT2D eigenvalue weighted by Crippen LogP contribution is -2.73. The second kappa shape index (κ2) is 9.52. The van der Waals surface area contributed by atoms with Crippen LogP contribution in [-0.4, -0.2) is 79.9 Å². The highest BCUT2D eigenvalue weighted by molar-refractivity contribution is 8.00. The van der Waals surface area contributed by atoms with Gasteiger partial charge in [-0.15, -0.1) is 23.1 Å². The number of halogens is 2. The number of aliphatic carboxylic acids is 2. The molecule has 0 spiro atoms. The Morgan fingerprint density at radius 2 is 2.16 bits per heavy atom. The minimum Gasteiger partial charge on any atom is -0.481 e. The quantitative estimate of drug-likeness (QED) is 0.210. The van der Waals surface area contributed by atoms with Crippen LogP contribution in [0.2, 0.25) is 0 Å². The number of carbonyl (C=O) groups excluding carboxylic acids is 2. The lowest BCUT2D eigenvalue weighted by molar-refractivity contribution is -0.156. The molecule has 12 nitrogen and oxygen atoms in total. The molecule has 0 aromatic carbocycles. The number of hydrogen-bond donors (Lipinski definition) is 4. The molecule has 2 aliphatic heterocycles. The van der Waals surface area contributed by atoms with E-state index in [4.69, 9.17) is 34.0 Å². The number of nitrogens with one attached hydrogen (secondary N) is 1. The second-order valence-corrected chi connectivity index (χ2v) is 9.69. The summed E-state index contributed by atoms with van der Waals surface area (Å²) in [6.45, 7) is -0.960. The van der Waals surface area contributed by atoms with Gasteiger partial charge in [-0.3, -0.25) is 14.4 Å². The molecule has 3 heterocycles. The van der Waals surface area contributed by atoms with Crippen LogP contribution in [0.4, 0.5) is 5.13 Å². The Balaban J connectivity index is 1.74. The largest absolute Gasteiger partial charge is 0.481 e. The molecule has 3 rings (SSSR count). The molecule has 0 saturated carbocycles. The van der Waals surface area contributed by atoms with Crippen molar-refractivity contribution in [2.45, 2.75) is 11.4 Å². The van der Waals surface area contributed by atoms with Gasteiger partial charge in [0.15, 0.2) is 10.8 Å². The van der Waals surface area contributed by atoms with Gasteiger partial charge in [-0.05, 0) is 6.08 Å². The Bertz CT molecular complexity index is 1030. The Morgan fingerprint density at radius 3 is 2.72 bits per heavy atom. The molecule has 32 heavy (non-hydrogen) atoms. The topological polar surface area (TPSA) is 185 Å². The van der Waals surface area contributed by atoms with E-state index in [1.807, 2.05) is 0 Å². The van der Waals surface area contributed by atoms with E-state index in [0.29, 0.717) is 0 Å². The van der Waals surface area contributed by atoms with Gasteiger partial charge >= 0.3 is 11.9 Å². The van der Waals surface area contributed by atoms with Crippen molar-refractivity contribution in [2.24, 2.45) is 10.6 Å². The molecule has 1 aromatic heterocycles. The summed E-state index contributed by atoms with van der Waals surface area (Å²) in [5, 5.41) is 25.4. The number of nitrogen functional groups attached to an aromatic ring is 1. The number of carboxylic acid groups (broad SMARTS) is 2. The van der Waals surface area contributed by atoms with Gasteiger partial charge in [0.25, 0.3) is 5.91 Å². The van der Waals surface area contributed by atoms with Gasteiger partial charge in [0.05, 0.1) is 0 Å². The van der Waals surface area contributed by atoms with Crippen molar-refractivity contribution in [1.82, 2.24) is 15.2 Å². The number of hydrogen-bond acceptors (Lipinski definition) is 10. The Hall–Kier alpha value is -2.55. The van der Waals surface area contributed by atoms with E-state index in [1.165, 1.54) is 16.4 Å². The summed E-state index contributed by atoms with van der Waals surface area (Å²) in [6.07, 6.45) is 1.18. The number of thioether (sulfide) groups is 1. The highest BCUT2D eigenvalue weighted by Gasteiger charge is 2.57. The van der Waals surface area contributed by atoms with Crippen LogP contribution in [0, 0.1) is 5.41 Å². The minimum atomic E-state index is -1.46. The number of thiazole rings is 1. The monoisotopic (exact) mass is 523 g/mol. The molecule has 2 fully saturated rings. The van der Waals surface area contributed by atoms with Crippen molar-refractivity contribution >= 4 is 80.9 Å². The summed E-state index contributed by atoms with van der Waals surface area (Å²) < 4.78 is -0.228. The van der Waals surface area contributed by atoms with Crippen molar-refractivity contribution in [1.29, 1.82) is 0 Å². The number of carboxylic acids is 2. The highest BCUT2D eigenvalue weighted by atomic mass is 35.5. The molecule has 16 heteroatoms. The van der Waals surface area contributed by atoms with Gasteiger partial charge in [0.1, 0.15) is 27.0 Å². The zero-order valence-electron chi connectivity index (χ0n) is 15.9. The van der Waals surface area contributed by atoms with Gasteiger partial charge in [0, 0.05) is 17.7 Å². The average Bonchev–Trinajstić information content (AvgIpc) is 3.14. The molecule has 172 valence electrons. The van der Waals surface area contributed by atoms with Gasteiger partial charge in [-0.25, -0.2) is 9.78 Å². The van der Waals surface area contributed by atoms with Crippen molar-refractivity contribution in [3.63, 3.8) is 0 Å². The molecular weight excluding hydrogens is 509 g/mol. The molecule has 2 aliphatic rings. The van der Waals surface area contributed by atoms with Crippen molar-refractivity contribution in [3.8, 4) is 0 Å². The summed E-state index contributed by atoms with van der Waals surface area (Å²) in [6, 6.07) is -0.963. The number of anilines is 1. The first-order chi connectivity index (χ1) is 15.0. The molecule has 2 unspecified atom stereocenters. The number of nitrogens with two attached hydrogens (primary N) is 1. The van der Waals surface area contributed by atoms with E-state index in [2.05, 4.69) is 20.3 Å². The van der Waals surface area contributed by atoms with Gasteiger partial charge in [-0.1, -0.05) is 28.4 Å². The van der Waals surface area contributed by atoms with Crippen LogP contribution in [0.1, 0.15) is 5.69 Å². The fraction of sp³-hybridized carbons (Fsp3) is 0.375. The molecule has 0 aliphatic carbocycles. The van der Waals surface area contributed by atoms with Gasteiger partial charge in [-0.2, -0.15) is 0 Å². The minimum absolute atomic E-state index is 0.0436. The summed E-state index contributed by atoms with van der Waals surface area (Å²) in [4.78, 5) is 57.7. The SMILES string of the molecule is Nc1nc(C(=NOCC(=O)O)C(=O)NC2C(=O)N3CC(C=C(Cl)Cl)(C(=O)O)CS[C@H]23)cs1. The van der Waals surface area contributed by atoms with Crippen LogP contribution in [0.15, 0.2) is 21.1 Å².